The van der Waals surface area contributed by atoms with Gasteiger partial charge in [0.05, 0.1) is 16.7 Å². The van der Waals surface area contributed by atoms with E-state index in [1.165, 1.54) is 12.1 Å². The Labute approximate surface area is 125 Å². The van der Waals surface area contributed by atoms with Gasteiger partial charge in [0.25, 0.3) is 6.08 Å². The van der Waals surface area contributed by atoms with Crippen molar-refractivity contribution < 1.29 is 13.2 Å². The van der Waals surface area contributed by atoms with Gasteiger partial charge in [-0.1, -0.05) is 0 Å². The lowest BCUT2D eigenvalue weighted by Crippen LogP contribution is -2.26. The van der Waals surface area contributed by atoms with E-state index in [-0.39, 0.29) is 22.3 Å². The smallest absolute Gasteiger partial charge is 0.327 e. The van der Waals surface area contributed by atoms with Crippen LogP contribution in [0.4, 0.5) is 13.2 Å². The lowest BCUT2D eigenvalue weighted by molar-refractivity contribution is 0.400. The molecule has 0 saturated heterocycles. The van der Waals surface area contributed by atoms with Gasteiger partial charge in [-0.15, -0.1) is 0 Å². The number of hydrogen-bond donors (Lipinski definition) is 1. The highest BCUT2D eigenvalue weighted by Crippen LogP contribution is 2.18. The van der Waals surface area contributed by atoms with Crippen LogP contribution in [0.15, 0.2) is 45.4 Å². The third kappa shape index (κ3) is 3.24. The largest absolute Gasteiger partial charge is 0.350 e. The van der Waals surface area contributed by atoms with Crippen LogP contribution in [-0.2, 0) is 6.54 Å². The summed E-state index contributed by atoms with van der Waals surface area (Å²) in [5, 5.41) is 3.72. The molecule has 0 saturated carbocycles. The number of halogens is 4. The van der Waals surface area contributed by atoms with Crippen LogP contribution in [-0.4, -0.2) is 20.9 Å². The fourth-order valence-electron chi connectivity index (χ4n) is 1.64. The van der Waals surface area contributed by atoms with Crippen molar-refractivity contribution in [3.63, 3.8) is 0 Å². The van der Waals surface area contributed by atoms with Gasteiger partial charge in [-0.25, -0.2) is 18.4 Å². The molecule has 1 aromatic heterocycles. The van der Waals surface area contributed by atoms with Crippen molar-refractivity contribution in [2.75, 3.05) is 6.54 Å². The summed E-state index contributed by atoms with van der Waals surface area (Å²) in [5.41, 5.74) is 4.38. The Morgan fingerprint density at radius 1 is 1.38 bits per heavy atom. The summed E-state index contributed by atoms with van der Waals surface area (Å²) in [7, 11) is 0. The van der Waals surface area contributed by atoms with Gasteiger partial charge in [0, 0.05) is 12.1 Å². The van der Waals surface area contributed by atoms with Crippen molar-refractivity contribution in [3.8, 4) is 5.69 Å². The molecule has 21 heavy (non-hydrogen) atoms. The molecule has 5 nitrogen and oxygen atoms in total. The first-order valence-corrected chi connectivity index (χ1v) is 6.56. The SMILES string of the molecule is NCC(Cn1ncn(-c2ccc(Br)c(F)c2)c1=O)=C(F)F. The van der Waals surface area contributed by atoms with Crippen LogP contribution in [0.5, 0.6) is 0 Å². The first-order valence-electron chi connectivity index (χ1n) is 5.77. The molecular weight excluding hydrogens is 353 g/mol. The second kappa shape index (κ2) is 6.27. The molecule has 0 bridgehead atoms. The Kier molecular flexibility index (Phi) is 4.63. The average Bonchev–Trinajstić information content (AvgIpc) is 2.80. The Bertz CT molecular complexity index is 749. The number of rotatable bonds is 4. The molecule has 2 N–H and O–H groups in total. The van der Waals surface area contributed by atoms with E-state index in [1.54, 1.807) is 0 Å². The van der Waals surface area contributed by atoms with E-state index in [1.807, 2.05) is 0 Å². The molecule has 0 amide bonds. The zero-order chi connectivity index (χ0) is 15.6. The summed E-state index contributed by atoms with van der Waals surface area (Å²) in [6, 6.07) is 4.06. The Morgan fingerprint density at radius 2 is 2.10 bits per heavy atom. The van der Waals surface area contributed by atoms with E-state index in [4.69, 9.17) is 5.73 Å². The molecule has 9 heteroatoms. The van der Waals surface area contributed by atoms with Crippen molar-refractivity contribution >= 4 is 15.9 Å². The summed E-state index contributed by atoms with van der Waals surface area (Å²) in [5.74, 6) is -0.551. The molecule has 1 heterocycles. The lowest BCUT2D eigenvalue weighted by atomic mass is 10.3. The van der Waals surface area contributed by atoms with Crippen LogP contribution in [0.25, 0.3) is 5.69 Å². The molecule has 0 fully saturated rings. The molecule has 0 spiro atoms. The van der Waals surface area contributed by atoms with Crippen molar-refractivity contribution in [2.24, 2.45) is 5.73 Å². The van der Waals surface area contributed by atoms with E-state index in [0.717, 1.165) is 21.6 Å². The third-order valence-electron chi connectivity index (χ3n) is 2.77. The Balaban J connectivity index is 2.39. The van der Waals surface area contributed by atoms with Gasteiger partial charge < -0.3 is 5.73 Å². The molecule has 2 rings (SSSR count). The predicted octanol–water partition coefficient (Wildman–Crippen LogP) is 2.04. The Morgan fingerprint density at radius 3 is 2.67 bits per heavy atom. The van der Waals surface area contributed by atoms with Gasteiger partial charge in [-0.2, -0.15) is 13.9 Å². The molecule has 0 aliphatic rings. The molecule has 0 radical (unpaired) electrons. The van der Waals surface area contributed by atoms with Gasteiger partial charge in [-0.05, 0) is 34.1 Å². The fourth-order valence-corrected chi connectivity index (χ4v) is 1.89. The molecule has 0 aliphatic carbocycles. The number of aromatic nitrogens is 3. The predicted molar refractivity (Wildman–Crippen MR) is 73.8 cm³/mol. The van der Waals surface area contributed by atoms with Crippen molar-refractivity contribution in [3.05, 3.63) is 57.0 Å². The van der Waals surface area contributed by atoms with Crippen LogP contribution in [0, 0.1) is 5.82 Å². The molecule has 0 atom stereocenters. The molecular formula is C12H10BrF3N4O. The van der Waals surface area contributed by atoms with Crippen molar-refractivity contribution in [1.82, 2.24) is 14.3 Å². The van der Waals surface area contributed by atoms with Crippen LogP contribution in [0.1, 0.15) is 0 Å². The quantitative estimate of drug-likeness (QED) is 0.904. The molecule has 0 unspecified atom stereocenters. The minimum Gasteiger partial charge on any atom is -0.327 e. The number of nitrogens with zero attached hydrogens (tertiary/aromatic N) is 3. The molecule has 0 aliphatic heterocycles. The minimum absolute atomic E-state index is 0.242. The molecule has 112 valence electrons. The maximum Gasteiger partial charge on any atom is 0.350 e. The topological polar surface area (TPSA) is 65.8 Å². The summed E-state index contributed by atoms with van der Waals surface area (Å²) in [4.78, 5) is 12.1. The van der Waals surface area contributed by atoms with Crippen LogP contribution in [0.2, 0.25) is 0 Å². The second-order valence-electron chi connectivity index (χ2n) is 4.11. The van der Waals surface area contributed by atoms with Gasteiger partial charge in [0.15, 0.2) is 0 Å². The minimum atomic E-state index is -1.94. The van der Waals surface area contributed by atoms with E-state index < -0.39 is 24.1 Å². The van der Waals surface area contributed by atoms with E-state index in [9.17, 15) is 18.0 Å². The fraction of sp³-hybridized carbons (Fsp3) is 0.167. The van der Waals surface area contributed by atoms with Crippen LogP contribution in [0.3, 0.4) is 0 Å². The van der Waals surface area contributed by atoms with Gasteiger partial charge in [0.2, 0.25) is 0 Å². The van der Waals surface area contributed by atoms with Crippen LogP contribution < -0.4 is 11.4 Å². The van der Waals surface area contributed by atoms with E-state index in [0.29, 0.717) is 0 Å². The summed E-state index contributed by atoms with van der Waals surface area (Å²) < 4.78 is 40.7. The Hall–Kier alpha value is -1.87. The standard InChI is InChI=1S/C12H10BrF3N4O/c13-9-2-1-8(3-10(9)14)19-6-18-20(12(19)21)5-7(4-17)11(15)16/h1-3,6H,4-5,17H2. The zero-order valence-corrected chi connectivity index (χ0v) is 12.1. The first-order chi connectivity index (χ1) is 9.93. The monoisotopic (exact) mass is 362 g/mol. The van der Waals surface area contributed by atoms with E-state index >= 15 is 0 Å². The number of nitrogens with two attached hydrogens (primary N) is 1. The van der Waals surface area contributed by atoms with E-state index in [2.05, 4.69) is 21.0 Å². The first kappa shape index (κ1) is 15.5. The highest BCUT2D eigenvalue weighted by Gasteiger charge is 2.12. The molecule has 1 aromatic carbocycles. The maximum atomic E-state index is 13.5. The number of hydrogen-bond acceptors (Lipinski definition) is 3. The maximum absolute atomic E-state index is 13.5. The summed E-state index contributed by atoms with van der Waals surface area (Å²) in [6.45, 7) is -0.793. The summed E-state index contributed by atoms with van der Waals surface area (Å²) in [6.07, 6.45) is -0.802. The van der Waals surface area contributed by atoms with Crippen molar-refractivity contribution in [1.29, 1.82) is 0 Å². The zero-order valence-electron chi connectivity index (χ0n) is 10.6. The highest BCUT2D eigenvalue weighted by molar-refractivity contribution is 9.10. The van der Waals surface area contributed by atoms with Gasteiger partial charge >= 0.3 is 5.69 Å². The number of benzene rings is 1. The lowest BCUT2D eigenvalue weighted by Gasteiger charge is -2.03. The third-order valence-corrected chi connectivity index (χ3v) is 3.41. The van der Waals surface area contributed by atoms with Gasteiger partial charge in [0.1, 0.15) is 12.1 Å². The molecule has 2 aromatic rings. The second-order valence-corrected chi connectivity index (χ2v) is 4.96. The van der Waals surface area contributed by atoms with Crippen molar-refractivity contribution in [2.45, 2.75) is 6.54 Å². The summed E-state index contributed by atoms with van der Waals surface area (Å²) >= 11 is 3.00. The normalized spacial score (nSPS) is 10.7. The average molecular weight is 363 g/mol. The highest BCUT2D eigenvalue weighted by atomic mass is 79.9. The van der Waals surface area contributed by atoms with Gasteiger partial charge in [-0.3, -0.25) is 0 Å². The van der Waals surface area contributed by atoms with Crippen LogP contribution >= 0.6 is 15.9 Å².